The molecule has 0 aliphatic heterocycles. The average Bonchev–Trinajstić information content (AvgIpc) is 2.58. The highest BCUT2D eigenvalue weighted by Gasteiger charge is 2.09. The van der Waals surface area contributed by atoms with E-state index in [2.05, 4.69) is 24.3 Å². The van der Waals surface area contributed by atoms with Crippen LogP contribution in [-0.4, -0.2) is 27.5 Å². The molecule has 15 heavy (non-hydrogen) atoms. The molecule has 1 heterocycles. The SMILES string of the molecule is CC(C)CC(CO)NCc1cnn(C)c1. The van der Waals surface area contributed by atoms with Gasteiger partial charge in [-0.1, -0.05) is 13.8 Å². The fourth-order valence-electron chi connectivity index (χ4n) is 1.62. The lowest BCUT2D eigenvalue weighted by Crippen LogP contribution is -2.33. The van der Waals surface area contributed by atoms with Crippen molar-refractivity contribution in [2.45, 2.75) is 32.9 Å². The summed E-state index contributed by atoms with van der Waals surface area (Å²) in [6.07, 6.45) is 4.82. The van der Waals surface area contributed by atoms with E-state index in [0.717, 1.165) is 18.5 Å². The number of nitrogens with one attached hydrogen (secondary N) is 1. The zero-order chi connectivity index (χ0) is 11.3. The van der Waals surface area contributed by atoms with Gasteiger partial charge in [-0.05, 0) is 12.3 Å². The van der Waals surface area contributed by atoms with Gasteiger partial charge >= 0.3 is 0 Å². The molecule has 0 aliphatic rings. The first-order valence-corrected chi connectivity index (χ1v) is 5.43. The summed E-state index contributed by atoms with van der Waals surface area (Å²) in [5.41, 5.74) is 1.15. The summed E-state index contributed by atoms with van der Waals surface area (Å²) < 4.78 is 1.79. The number of aliphatic hydroxyl groups is 1. The Kier molecular flexibility index (Phi) is 4.78. The van der Waals surface area contributed by atoms with Crippen molar-refractivity contribution in [2.24, 2.45) is 13.0 Å². The maximum absolute atomic E-state index is 9.17. The van der Waals surface area contributed by atoms with E-state index in [-0.39, 0.29) is 12.6 Å². The largest absolute Gasteiger partial charge is 0.395 e. The predicted molar refractivity (Wildman–Crippen MR) is 60.4 cm³/mol. The molecule has 0 saturated carbocycles. The van der Waals surface area contributed by atoms with E-state index in [0.29, 0.717) is 5.92 Å². The van der Waals surface area contributed by atoms with Crippen molar-refractivity contribution >= 4 is 0 Å². The molecule has 86 valence electrons. The van der Waals surface area contributed by atoms with Gasteiger partial charge in [0, 0.05) is 31.4 Å². The minimum absolute atomic E-state index is 0.185. The van der Waals surface area contributed by atoms with Gasteiger partial charge in [0.25, 0.3) is 0 Å². The fraction of sp³-hybridized carbons (Fsp3) is 0.727. The average molecular weight is 211 g/mol. The van der Waals surface area contributed by atoms with Gasteiger partial charge in [0.05, 0.1) is 12.8 Å². The number of nitrogens with zero attached hydrogens (tertiary/aromatic N) is 2. The van der Waals surface area contributed by atoms with Crippen LogP contribution in [0.5, 0.6) is 0 Å². The third-order valence-corrected chi connectivity index (χ3v) is 2.33. The Morgan fingerprint density at radius 3 is 2.73 bits per heavy atom. The molecule has 0 radical (unpaired) electrons. The molecule has 4 nitrogen and oxygen atoms in total. The highest BCUT2D eigenvalue weighted by atomic mass is 16.3. The lowest BCUT2D eigenvalue weighted by molar-refractivity contribution is 0.223. The van der Waals surface area contributed by atoms with Crippen LogP contribution in [0.3, 0.4) is 0 Å². The quantitative estimate of drug-likeness (QED) is 0.735. The Morgan fingerprint density at radius 2 is 2.27 bits per heavy atom. The molecule has 1 aromatic rings. The summed E-state index contributed by atoms with van der Waals surface area (Å²) in [7, 11) is 1.90. The Bertz CT molecular complexity index is 283. The zero-order valence-electron chi connectivity index (χ0n) is 9.77. The normalized spacial score (nSPS) is 13.4. The minimum atomic E-state index is 0.185. The second-order valence-corrected chi connectivity index (χ2v) is 4.41. The third-order valence-electron chi connectivity index (χ3n) is 2.33. The number of hydrogen-bond acceptors (Lipinski definition) is 3. The van der Waals surface area contributed by atoms with E-state index in [9.17, 15) is 5.11 Å². The van der Waals surface area contributed by atoms with Crippen LogP contribution in [0, 0.1) is 5.92 Å². The highest BCUT2D eigenvalue weighted by molar-refractivity contribution is 5.03. The van der Waals surface area contributed by atoms with Crippen LogP contribution in [0.15, 0.2) is 12.4 Å². The summed E-state index contributed by atoms with van der Waals surface area (Å²) in [5.74, 6) is 0.601. The van der Waals surface area contributed by atoms with Gasteiger partial charge < -0.3 is 10.4 Å². The first kappa shape index (κ1) is 12.2. The molecular formula is C11H21N3O. The molecule has 1 atom stereocenters. The molecular weight excluding hydrogens is 190 g/mol. The molecule has 0 amide bonds. The van der Waals surface area contributed by atoms with Crippen LogP contribution < -0.4 is 5.32 Å². The summed E-state index contributed by atoms with van der Waals surface area (Å²) in [5, 5.41) is 16.6. The molecule has 0 fully saturated rings. The van der Waals surface area contributed by atoms with Crippen molar-refractivity contribution < 1.29 is 5.11 Å². The maximum atomic E-state index is 9.17. The van der Waals surface area contributed by atoms with Crippen molar-refractivity contribution in [1.82, 2.24) is 15.1 Å². The standard InChI is InChI=1S/C11H21N3O/c1-9(2)4-11(8-15)12-5-10-6-13-14(3)7-10/h6-7,9,11-12,15H,4-5,8H2,1-3H3. The molecule has 1 aromatic heterocycles. The molecule has 0 aliphatic carbocycles. The number of rotatable bonds is 6. The maximum Gasteiger partial charge on any atom is 0.0584 e. The first-order chi connectivity index (χ1) is 7.11. The van der Waals surface area contributed by atoms with Crippen molar-refractivity contribution in [3.05, 3.63) is 18.0 Å². The first-order valence-electron chi connectivity index (χ1n) is 5.43. The van der Waals surface area contributed by atoms with Crippen molar-refractivity contribution in [1.29, 1.82) is 0 Å². The Labute approximate surface area is 91.3 Å². The Morgan fingerprint density at radius 1 is 1.53 bits per heavy atom. The van der Waals surface area contributed by atoms with E-state index in [1.165, 1.54) is 0 Å². The summed E-state index contributed by atoms with van der Waals surface area (Å²) in [6, 6.07) is 0.185. The van der Waals surface area contributed by atoms with Crippen LogP contribution in [-0.2, 0) is 13.6 Å². The topological polar surface area (TPSA) is 50.1 Å². The van der Waals surface area contributed by atoms with Gasteiger partial charge in [0.1, 0.15) is 0 Å². The van der Waals surface area contributed by atoms with Gasteiger partial charge in [0.15, 0.2) is 0 Å². The molecule has 4 heteroatoms. The van der Waals surface area contributed by atoms with Gasteiger partial charge in [-0.15, -0.1) is 0 Å². The van der Waals surface area contributed by atoms with Crippen LogP contribution >= 0.6 is 0 Å². The fourth-order valence-corrected chi connectivity index (χ4v) is 1.62. The third kappa shape index (κ3) is 4.44. The van der Waals surface area contributed by atoms with E-state index in [4.69, 9.17) is 0 Å². The predicted octanol–water partition coefficient (Wildman–Crippen LogP) is 0.917. The molecule has 0 spiro atoms. The zero-order valence-corrected chi connectivity index (χ0v) is 9.77. The highest BCUT2D eigenvalue weighted by Crippen LogP contribution is 2.05. The molecule has 0 aromatic carbocycles. The van der Waals surface area contributed by atoms with E-state index < -0.39 is 0 Å². The van der Waals surface area contributed by atoms with Gasteiger partial charge in [-0.25, -0.2) is 0 Å². The minimum Gasteiger partial charge on any atom is -0.395 e. The Hall–Kier alpha value is -0.870. The monoisotopic (exact) mass is 211 g/mol. The van der Waals surface area contributed by atoms with Crippen LogP contribution in [0.2, 0.25) is 0 Å². The smallest absolute Gasteiger partial charge is 0.0584 e. The van der Waals surface area contributed by atoms with Gasteiger partial charge in [-0.3, -0.25) is 4.68 Å². The van der Waals surface area contributed by atoms with Crippen LogP contribution in [0.25, 0.3) is 0 Å². The van der Waals surface area contributed by atoms with Crippen molar-refractivity contribution in [3.63, 3.8) is 0 Å². The molecule has 1 rings (SSSR count). The molecule has 2 N–H and O–H groups in total. The van der Waals surface area contributed by atoms with Gasteiger partial charge in [0.2, 0.25) is 0 Å². The lowest BCUT2D eigenvalue weighted by atomic mass is 10.0. The van der Waals surface area contributed by atoms with Crippen molar-refractivity contribution in [2.75, 3.05) is 6.61 Å². The number of aromatic nitrogens is 2. The Balaban J connectivity index is 2.34. The molecule has 0 bridgehead atoms. The summed E-state index contributed by atoms with van der Waals surface area (Å²) in [6.45, 7) is 5.28. The van der Waals surface area contributed by atoms with Crippen LogP contribution in [0.1, 0.15) is 25.8 Å². The summed E-state index contributed by atoms with van der Waals surface area (Å²) >= 11 is 0. The molecule has 1 unspecified atom stereocenters. The number of aryl methyl sites for hydroxylation is 1. The van der Waals surface area contributed by atoms with E-state index in [1.807, 2.05) is 19.4 Å². The van der Waals surface area contributed by atoms with Crippen molar-refractivity contribution in [3.8, 4) is 0 Å². The lowest BCUT2D eigenvalue weighted by Gasteiger charge is -2.17. The molecule has 0 saturated heterocycles. The number of hydrogen-bond donors (Lipinski definition) is 2. The van der Waals surface area contributed by atoms with E-state index >= 15 is 0 Å². The second kappa shape index (κ2) is 5.88. The summed E-state index contributed by atoms with van der Waals surface area (Å²) in [4.78, 5) is 0. The van der Waals surface area contributed by atoms with Crippen LogP contribution in [0.4, 0.5) is 0 Å². The van der Waals surface area contributed by atoms with E-state index in [1.54, 1.807) is 4.68 Å². The second-order valence-electron chi connectivity index (χ2n) is 4.41. The number of aliphatic hydroxyl groups excluding tert-OH is 1. The van der Waals surface area contributed by atoms with Gasteiger partial charge in [-0.2, -0.15) is 5.10 Å².